The molecule has 0 unspecified atom stereocenters. The monoisotopic (exact) mass is 302 g/mol. The molecule has 0 amide bonds. The maximum absolute atomic E-state index is 13.8. The zero-order valence-electron chi connectivity index (χ0n) is 12.4. The third kappa shape index (κ3) is 4.01. The Kier molecular flexibility index (Phi) is 5.29. The van der Waals surface area contributed by atoms with E-state index in [1.165, 1.54) is 12.1 Å². The third-order valence-electron chi connectivity index (χ3n) is 3.80. The Morgan fingerprint density at radius 2 is 1.95 bits per heavy atom. The molecule has 20 heavy (non-hydrogen) atoms. The van der Waals surface area contributed by atoms with Crippen molar-refractivity contribution in [2.45, 2.75) is 39.1 Å². The Morgan fingerprint density at radius 1 is 1.35 bits per heavy atom. The summed E-state index contributed by atoms with van der Waals surface area (Å²) in [4.78, 5) is -0.339. The molecular weight excluding hydrogens is 279 g/mol. The van der Waals surface area contributed by atoms with Gasteiger partial charge in [-0.25, -0.2) is 17.5 Å². The van der Waals surface area contributed by atoms with Gasteiger partial charge in [0.2, 0.25) is 10.0 Å². The lowest BCUT2D eigenvalue weighted by molar-refractivity contribution is 0.252. The molecule has 0 atom stereocenters. The van der Waals surface area contributed by atoms with Crippen LogP contribution in [0.15, 0.2) is 23.1 Å². The number of nitrogens with two attached hydrogens (primary N) is 1. The van der Waals surface area contributed by atoms with E-state index in [1.54, 1.807) is 0 Å². The lowest BCUT2D eigenvalue weighted by Gasteiger charge is -2.29. The van der Waals surface area contributed by atoms with Crippen molar-refractivity contribution in [3.8, 4) is 0 Å². The van der Waals surface area contributed by atoms with Gasteiger partial charge in [0.25, 0.3) is 0 Å². The molecule has 0 aliphatic rings. The summed E-state index contributed by atoms with van der Waals surface area (Å²) < 4.78 is 40.6. The van der Waals surface area contributed by atoms with Crippen LogP contribution < -0.4 is 10.5 Å². The Hall–Kier alpha value is -0.980. The molecule has 0 aliphatic carbocycles. The third-order valence-corrected chi connectivity index (χ3v) is 5.24. The Morgan fingerprint density at radius 3 is 2.40 bits per heavy atom. The summed E-state index contributed by atoms with van der Waals surface area (Å²) in [6.07, 6.45) is 0. The van der Waals surface area contributed by atoms with E-state index in [4.69, 9.17) is 5.73 Å². The molecule has 6 heteroatoms. The number of hydrogen-bond donors (Lipinski definition) is 2. The van der Waals surface area contributed by atoms with E-state index in [-0.39, 0.29) is 23.4 Å². The standard InChI is InChI=1S/C14H23FN2O2S/c1-10(2)14(3,4)9-17-20(18,19)13-6-5-11(8-16)7-12(13)15/h5-7,10,17H,8-9,16H2,1-4H3. The highest BCUT2D eigenvalue weighted by Gasteiger charge is 2.26. The van der Waals surface area contributed by atoms with Gasteiger partial charge in [0.05, 0.1) is 0 Å². The Labute approximate surface area is 120 Å². The van der Waals surface area contributed by atoms with E-state index in [9.17, 15) is 12.8 Å². The van der Waals surface area contributed by atoms with E-state index in [1.807, 2.05) is 27.7 Å². The Balaban J connectivity index is 2.95. The molecule has 0 saturated carbocycles. The van der Waals surface area contributed by atoms with Crippen molar-refractivity contribution in [1.82, 2.24) is 4.72 Å². The van der Waals surface area contributed by atoms with Crippen molar-refractivity contribution in [3.05, 3.63) is 29.6 Å². The molecule has 4 nitrogen and oxygen atoms in total. The van der Waals surface area contributed by atoms with E-state index in [0.717, 1.165) is 6.07 Å². The van der Waals surface area contributed by atoms with E-state index >= 15 is 0 Å². The van der Waals surface area contributed by atoms with Crippen LogP contribution in [0.5, 0.6) is 0 Å². The summed E-state index contributed by atoms with van der Waals surface area (Å²) in [7, 11) is -3.85. The number of hydrogen-bond acceptors (Lipinski definition) is 3. The van der Waals surface area contributed by atoms with Gasteiger partial charge in [-0.1, -0.05) is 33.8 Å². The first-order chi connectivity index (χ1) is 9.10. The zero-order valence-corrected chi connectivity index (χ0v) is 13.2. The van der Waals surface area contributed by atoms with Crippen LogP contribution in [0.4, 0.5) is 4.39 Å². The highest BCUT2D eigenvalue weighted by atomic mass is 32.2. The quantitative estimate of drug-likeness (QED) is 0.846. The van der Waals surface area contributed by atoms with Gasteiger partial charge >= 0.3 is 0 Å². The van der Waals surface area contributed by atoms with Crippen LogP contribution in [0.3, 0.4) is 0 Å². The van der Waals surface area contributed by atoms with Gasteiger partial charge in [-0.2, -0.15) is 0 Å². The van der Waals surface area contributed by atoms with Gasteiger partial charge in [-0.3, -0.25) is 0 Å². The smallest absolute Gasteiger partial charge is 0.243 e. The molecule has 114 valence electrons. The molecule has 0 aromatic heterocycles. The van der Waals surface area contributed by atoms with Crippen LogP contribution in [-0.2, 0) is 16.6 Å². The predicted octanol–water partition coefficient (Wildman–Crippen LogP) is 2.24. The maximum Gasteiger partial charge on any atom is 0.243 e. The Bertz CT molecular complexity index is 569. The molecule has 0 radical (unpaired) electrons. The minimum atomic E-state index is -3.85. The van der Waals surface area contributed by atoms with Crippen molar-refractivity contribution in [3.63, 3.8) is 0 Å². The van der Waals surface area contributed by atoms with Gasteiger partial charge in [-0.15, -0.1) is 0 Å². The van der Waals surface area contributed by atoms with Crippen molar-refractivity contribution < 1.29 is 12.8 Å². The molecular formula is C14H23FN2O2S. The molecule has 1 aromatic rings. The fourth-order valence-electron chi connectivity index (χ4n) is 1.45. The van der Waals surface area contributed by atoms with Crippen LogP contribution in [0.1, 0.15) is 33.3 Å². The number of rotatable bonds is 6. The fourth-order valence-corrected chi connectivity index (χ4v) is 2.73. The van der Waals surface area contributed by atoms with E-state index in [0.29, 0.717) is 11.5 Å². The highest BCUT2D eigenvalue weighted by molar-refractivity contribution is 7.89. The van der Waals surface area contributed by atoms with Crippen LogP contribution >= 0.6 is 0 Å². The fraction of sp³-hybridized carbons (Fsp3) is 0.571. The van der Waals surface area contributed by atoms with Gasteiger partial charge < -0.3 is 5.73 Å². The molecule has 1 rings (SSSR count). The topological polar surface area (TPSA) is 72.2 Å². The van der Waals surface area contributed by atoms with Crippen molar-refractivity contribution >= 4 is 10.0 Å². The largest absolute Gasteiger partial charge is 0.326 e. The SMILES string of the molecule is CC(C)C(C)(C)CNS(=O)(=O)c1ccc(CN)cc1F. The van der Waals surface area contributed by atoms with Crippen molar-refractivity contribution in [1.29, 1.82) is 0 Å². The normalized spacial score (nSPS) is 12.9. The first-order valence-corrected chi connectivity index (χ1v) is 8.06. The second-order valence-corrected chi connectivity index (χ2v) is 7.67. The molecule has 0 aliphatic heterocycles. The van der Waals surface area contributed by atoms with Crippen molar-refractivity contribution in [2.75, 3.05) is 6.54 Å². The first-order valence-electron chi connectivity index (χ1n) is 6.58. The molecule has 0 saturated heterocycles. The number of benzene rings is 1. The average Bonchev–Trinajstić information content (AvgIpc) is 2.36. The second kappa shape index (κ2) is 6.20. The lowest BCUT2D eigenvalue weighted by atomic mass is 9.81. The minimum Gasteiger partial charge on any atom is -0.326 e. The first kappa shape index (κ1) is 17.1. The number of nitrogens with one attached hydrogen (secondary N) is 1. The summed E-state index contributed by atoms with van der Waals surface area (Å²) in [5, 5.41) is 0. The summed E-state index contributed by atoms with van der Waals surface area (Å²) in [5.41, 5.74) is 5.75. The summed E-state index contributed by atoms with van der Waals surface area (Å²) in [5.74, 6) is -0.475. The van der Waals surface area contributed by atoms with E-state index < -0.39 is 15.8 Å². The summed E-state index contributed by atoms with van der Waals surface area (Å²) >= 11 is 0. The van der Waals surface area contributed by atoms with Crippen LogP contribution in [-0.4, -0.2) is 15.0 Å². The average molecular weight is 302 g/mol. The molecule has 0 spiro atoms. The summed E-state index contributed by atoms with van der Waals surface area (Å²) in [6.45, 7) is 8.40. The van der Waals surface area contributed by atoms with Crippen LogP contribution in [0.2, 0.25) is 0 Å². The summed E-state index contributed by atoms with van der Waals surface area (Å²) in [6, 6.07) is 3.93. The molecule has 3 N–H and O–H groups in total. The van der Waals surface area contributed by atoms with Gasteiger partial charge in [0.1, 0.15) is 10.7 Å². The lowest BCUT2D eigenvalue weighted by Crippen LogP contribution is -2.37. The van der Waals surface area contributed by atoms with Crippen LogP contribution in [0.25, 0.3) is 0 Å². The molecule has 0 bridgehead atoms. The van der Waals surface area contributed by atoms with Crippen LogP contribution in [0, 0.1) is 17.2 Å². The molecule has 0 fully saturated rings. The molecule has 1 aromatic carbocycles. The maximum atomic E-state index is 13.8. The minimum absolute atomic E-state index is 0.172. The zero-order chi connectivity index (χ0) is 15.6. The van der Waals surface area contributed by atoms with Crippen molar-refractivity contribution in [2.24, 2.45) is 17.1 Å². The van der Waals surface area contributed by atoms with E-state index in [2.05, 4.69) is 4.72 Å². The number of halogens is 1. The van der Waals surface area contributed by atoms with Gasteiger partial charge in [-0.05, 0) is 29.0 Å². The second-order valence-electron chi connectivity index (χ2n) is 5.94. The highest BCUT2D eigenvalue weighted by Crippen LogP contribution is 2.26. The molecule has 0 heterocycles. The predicted molar refractivity (Wildman–Crippen MR) is 78.1 cm³/mol. The van der Waals surface area contributed by atoms with Gasteiger partial charge in [0.15, 0.2) is 0 Å². The number of sulfonamides is 1. The van der Waals surface area contributed by atoms with Gasteiger partial charge in [0, 0.05) is 13.1 Å².